The smallest absolute Gasteiger partial charge is 0.416 e. The lowest BCUT2D eigenvalue weighted by Gasteiger charge is -2.14. The number of carbonyl (C=O) groups excluding carboxylic acids is 2. The van der Waals surface area contributed by atoms with Crippen molar-refractivity contribution in [2.24, 2.45) is 0 Å². The van der Waals surface area contributed by atoms with Gasteiger partial charge in [-0.25, -0.2) is 0 Å². The summed E-state index contributed by atoms with van der Waals surface area (Å²) in [5, 5.41) is 2.98. The molecule has 1 saturated heterocycles. The molecule has 1 aromatic rings. The minimum absolute atomic E-state index is 0.124. The van der Waals surface area contributed by atoms with Crippen molar-refractivity contribution >= 4 is 12.3 Å². The number of carbonyl (C=O) groups is 2. The van der Waals surface area contributed by atoms with Crippen LogP contribution >= 0.6 is 0 Å². The molecule has 0 spiro atoms. The van der Waals surface area contributed by atoms with Gasteiger partial charge in [0.15, 0.2) is 5.78 Å². The highest BCUT2D eigenvalue weighted by molar-refractivity contribution is 6.00. The molecule has 1 N–H and O–H groups in total. The topological polar surface area (TPSA) is 55.4 Å². The highest BCUT2D eigenvalue weighted by Crippen LogP contribution is 2.30. The van der Waals surface area contributed by atoms with Gasteiger partial charge in [0.05, 0.1) is 11.6 Å². The van der Waals surface area contributed by atoms with Crippen molar-refractivity contribution in [1.29, 1.82) is 0 Å². The lowest BCUT2D eigenvalue weighted by atomic mass is 10.0. The number of nitrogens with one attached hydrogen (secondary N) is 1. The number of ether oxygens (including phenoxy) is 1. The number of alkyl halides is 3. The third kappa shape index (κ3) is 6.70. The maximum Gasteiger partial charge on any atom is 0.416 e. The van der Waals surface area contributed by atoms with E-state index in [0.29, 0.717) is 12.9 Å². The van der Waals surface area contributed by atoms with E-state index in [1.54, 1.807) is 0 Å². The fourth-order valence-corrected chi connectivity index (χ4v) is 2.10. The van der Waals surface area contributed by atoms with Crippen molar-refractivity contribution in [1.82, 2.24) is 5.32 Å². The molecule has 1 fully saturated rings. The molecule has 0 saturated carbocycles. The van der Waals surface area contributed by atoms with Crippen molar-refractivity contribution in [2.75, 3.05) is 6.54 Å². The van der Waals surface area contributed by atoms with Crippen LogP contribution in [0.1, 0.15) is 49.5 Å². The van der Waals surface area contributed by atoms with Crippen LogP contribution in [0.15, 0.2) is 24.3 Å². The first-order valence-electron chi connectivity index (χ1n) is 7.61. The summed E-state index contributed by atoms with van der Waals surface area (Å²) < 4.78 is 42.0. The van der Waals surface area contributed by atoms with Crippen LogP contribution in [0.25, 0.3) is 0 Å². The van der Waals surface area contributed by atoms with E-state index >= 15 is 0 Å². The molecule has 0 aliphatic carbocycles. The Bertz CT molecular complexity index is 559. The summed E-state index contributed by atoms with van der Waals surface area (Å²) >= 11 is 0. The quantitative estimate of drug-likeness (QED) is 0.672. The van der Waals surface area contributed by atoms with Crippen LogP contribution in [0.5, 0.6) is 0 Å². The molecule has 0 aromatic heterocycles. The van der Waals surface area contributed by atoms with Crippen LogP contribution < -0.4 is 5.32 Å². The summed E-state index contributed by atoms with van der Waals surface area (Å²) in [4.78, 5) is 21.5. The predicted molar refractivity (Wildman–Crippen MR) is 83.7 cm³/mol. The Morgan fingerprint density at radius 1 is 1.29 bits per heavy atom. The van der Waals surface area contributed by atoms with Gasteiger partial charge in [-0.3, -0.25) is 9.59 Å². The van der Waals surface area contributed by atoms with Gasteiger partial charge in [-0.2, -0.15) is 13.2 Å². The molecule has 1 atom stereocenters. The van der Waals surface area contributed by atoms with Gasteiger partial charge < -0.3 is 10.1 Å². The molecule has 1 aliphatic rings. The number of benzene rings is 1. The molecular weight excluding hydrogens is 323 g/mol. The first-order valence-corrected chi connectivity index (χ1v) is 7.61. The number of hydrogen-bond donors (Lipinski definition) is 1. The van der Waals surface area contributed by atoms with Crippen molar-refractivity contribution in [2.45, 2.75) is 51.4 Å². The van der Waals surface area contributed by atoms with E-state index in [0.717, 1.165) is 25.1 Å². The van der Waals surface area contributed by atoms with Crippen LogP contribution in [0.3, 0.4) is 0 Å². The molecule has 134 valence electrons. The van der Waals surface area contributed by atoms with E-state index < -0.39 is 11.7 Å². The minimum atomic E-state index is -4.40. The molecule has 0 bridgehead atoms. The van der Waals surface area contributed by atoms with E-state index in [-0.39, 0.29) is 23.0 Å². The van der Waals surface area contributed by atoms with Gasteiger partial charge in [0.2, 0.25) is 0 Å². The average Bonchev–Trinajstić information content (AvgIpc) is 2.99. The first kappa shape index (κ1) is 20.2. The zero-order valence-electron chi connectivity index (χ0n) is 13.9. The van der Waals surface area contributed by atoms with E-state index in [1.807, 2.05) is 20.8 Å². The third-order valence-electron chi connectivity index (χ3n) is 3.25. The molecule has 0 unspecified atom stereocenters. The standard InChI is InChI=1S/C12H12F3NO.C5H10O2/c13-12(14,15)9-4-1-3-8(7-9)11(17)10-5-2-6-16-10;1-5(2,3)7-4-6/h1,3-4,7,10,16H,2,5-6H2;4H,1-3H3/t10-;/m1./s1. The van der Waals surface area contributed by atoms with Gasteiger partial charge in [0.1, 0.15) is 5.60 Å². The molecule has 24 heavy (non-hydrogen) atoms. The first-order chi connectivity index (χ1) is 11.0. The van der Waals surface area contributed by atoms with Crippen LogP contribution in [0.2, 0.25) is 0 Å². The second-order valence-corrected chi connectivity index (χ2v) is 6.42. The summed E-state index contributed by atoms with van der Waals surface area (Å²) in [5.41, 5.74) is -0.970. The number of Topliss-reactive ketones (excluding diaryl/α,β-unsaturated/α-hetero) is 1. The molecule has 2 rings (SSSR count). The van der Waals surface area contributed by atoms with Gasteiger partial charge in [0, 0.05) is 5.56 Å². The van der Waals surface area contributed by atoms with Crippen LogP contribution in [0.4, 0.5) is 13.2 Å². The number of ketones is 1. The summed E-state index contributed by atoms with van der Waals surface area (Å²) in [6, 6.07) is 4.25. The largest absolute Gasteiger partial charge is 0.462 e. The van der Waals surface area contributed by atoms with E-state index in [4.69, 9.17) is 0 Å². The van der Waals surface area contributed by atoms with Gasteiger partial charge >= 0.3 is 6.18 Å². The average molecular weight is 345 g/mol. The zero-order valence-corrected chi connectivity index (χ0v) is 13.9. The van der Waals surface area contributed by atoms with E-state index in [2.05, 4.69) is 10.1 Å². The number of halogens is 3. The molecular formula is C17H22F3NO3. The molecule has 0 radical (unpaired) electrons. The monoisotopic (exact) mass is 345 g/mol. The summed E-state index contributed by atoms with van der Waals surface area (Å²) in [6.45, 7) is 6.67. The Kier molecular flexibility index (Phi) is 6.95. The molecule has 7 heteroatoms. The molecule has 1 aromatic carbocycles. The van der Waals surface area contributed by atoms with Gasteiger partial charge in [0.25, 0.3) is 6.47 Å². The molecule has 0 amide bonds. The highest BCUT2D eigenvalue weighted by atomic mass is 19.4. The highest BCUT2D eigenvalue weighted by Gasteiger charge is 2.32. The van der Waals surface area contributed by atoms with Gasteiger partial charge in [-0.05, 0) is 52.3 Å². The van der Waals surface area contributed by atoms with Crippen molar-refractivity contribution in [3.63, 3.8) is 0 Å². The normalized spacial score (nSPS) is 17.7. The van der Waals surface area contributed by atoms with Gasteiger partial charge in [-0.15, -0.1) is 0 Å². The molecule has 4 nitrogen and oxygen atoms in total. The fraction of sp³-hybridized carbons (Fsp3) is 0.529. The predicted octanol–water partition coefficient (Wildman–Crippen LogP) is 3.60. The maximum absolute atomic E-state index is 12.5. The SMILES string of the molecule is CC(C)(C)OC=O.O=C(c1cccc(C(F)(F)F)c1)[C@H]1CCCN1. The Morgan fingerprint density at radius 2 is 1.96 bits per heavy atom. The fourth-order valence-electron chi connectivity index (χ4n) is 2.10. The third-order valence-corrected chi connectivity index (χ3v) is 3.25. The van der Waals surface area contributed by atoms with E-state index in [1.165, 1.54) is 12.1 Å². The number of rotatable bonds is 3. The molecule has 1 heterocycles. The minimum Gasteiger partial charge on any atom is -0.462 e. The number of hydrogen-bond acceptors (Lipinski definition) is 4. The Balaban J connectivity index is 0.000000351. The van der Waals surface area contributed by atoms with Crippen molar-refractivity contribution in [3.05, 3.63) is 35.4 Å². The zero-order chi connectivity index (χ0) is 18.4. The van der Waals surface area contributed by atoms with Crippen LogP contribution in [-0.2, 0) is 15.7 Å². The van der Waals surface area contributed by atoms with Crippen molar-refractivity contribution < 1.29 is 27.5 Å². The van der Waals surface area contributed by atoms with Crippen LogP contribution in [0, 0.1) is 0 Å². The van der Waals surface area contributed by atoms with Crippen molar-refractivity contribution in [3.8, 4) is 0 Å². The summed E-state index contributed by atoms with van der Waals surface area (Å²) in [5.74, 6) is -0.256. The van der Waals surface area contributed by atoms with Crippen LogP contribution in [-0.4, -0.2) is 30.4 Å². The maximum atomic E-state index is 12.5. The Hall–Kier alpha value is -1.89. The lowest BCUT2D eigenvalue weighted by molar-refractivity contribution is -0.139. The second-order valence-electron chi connectivity index (χ2n) is 6.42. The van der Waals surface area contributed by atoms with E-state index in [9.17, 15) is 22.8 Å². The summed E-state index contributed by atoms with van der Waals surface area (Å²) in [6.07, 6.45) is -2.83. The second kappa shape index (κ2) is 8.28. The lowest BCUT2D eigenvalue weighted by Crippen LogP contribution is -2.30. The Morgan fingerprint density at radius 3 is 2.38 bits per heavy atom. The Labute approximate surface area is 139 Å². The molecule has 1 aliphatic heterocycles. The van der Waals surface area contributed by atoms with Gasteiger partial charge in [-0.1, -0.05) is 12.1 Å². The summed E-state index contributed by atoms with van der Waals surface area (Å²) in [7, 11) is 0.